The number of benzene rings is 5. The predicted molar refractivity (Wildman–Crippen MR) is 273 cm³/mol. The fourth-order valence-electron chi connectivity index (χ4n) is 10.2. The molecule has 382 valence electrons. The predicted octanol–water partition coefficient (Wildman–Crippen LogP) is 8.04. The van der Waals surface area contributed by atoms with Gasteiger partial charge in [-0.2, -0.15) is 0 Å². The topological polar surface area (TPSA) is 124 Å². The molecular weight excluding hydrogens is 921 g/mol. The normalized spacial score (nSPS) is 18.7. The standard InChI is InChI=1S/C56H66N4O12/c1-37-21-41-31-58-35-57(45(41)22-38(37)2)32-42-25-51-54(28-46(42)58)70-19-11-64-9-17-69-53-27-44-34-59-36-60(48(44)30-56(53)72-20-12-63-8-16-67-51)33-43-26-52-55(29-47(43)59)71-18-10-62-6-14-66-50-24-40(4)39(3)23-49(50)65-13-5-61-7-15-68-52/h21-30H,5-20,31-36H2,1-4H3. The molecule has 0 atom stereocenters. The Morgan fingerprint density at radius 2 is 0.472 bits per heavy atom. The van der Waals surface area contributed by atoms with Crippen molar-refractivity contribution in [2.24, 2.45) is 0 Å². The maximum Gasteiger partial charge on any atom is 0.163 e. The highest BCUT2D eigenvalue weighted by Crippen LogP contribution is 2.47. The van der Waals surface area contributed by atoms with Crippen LogP contribution in [-0.4, -0.2) is 119 Å². The van der Waals surface area contributed by atoms with Crippen LogP contribution in [0.5, 0.6) is 46.0 Å². The fourth-order valence-corrected chi connectivity index (χ4v) is 10.2. The van der Waals surface area contributed by atoms with Crippen molar-refractivity contribution >= 4 is 22.7 Å². The summed E-state index contributed by atoms with van der Waals surface area (Å²) in [4.78, 5) is 9.59. The third kappa shape index (κ3) is 10.5. The van der Waals surface area contributed by atoms with Gasteiger partial charge in [0.25, 0.3) is 0 Å². The maximum atomic E-state index is 6.44. The van der Waals surface area contributed by atoms with Gasteiger partial charge in [-0.15, -0.1) is 0 Å². The summed E-state index contributed by atoms with van der Waals surface area (Å²) in [5.74, 6) is 5.45. The van der Waals surface area contributed by atoms with Gasteiger partial charge in [-0.05, 0) is 109 Å². The third-order valence-corrected chi connectivity index (χ3v) is 14.1. The monoisotopic (exact) mass is 986 g/mol. The molecule has 0 spiro atoms. The van der Waals surface area contributed by atoms with Crippen LogP contribution in [0.4, 0.5) is 22.7 Å². The number of hydrogen-bond donors (Lipinski definition) is 0. The van der Waals surface area contributed by atoms with Gasteiger partial charge in [0.15, 0.2) is 46.0 Å². The summed E-state index contributed by atoms with van der Waals surface area (Å²) in [5, 5.41) is 0. The molecule has 0 aliphatic carbocycles. The van der Waals surface area contributed by atoms with E-state index in [9.17, 15) is 0 Å². The summed E-state index contributed by atoms with van der Waals surface area (Å²) < 4.78 is 74.5. The molecule has 0 N–H and O–H groups in total. The molecule has 0 fully saturated rings. The molecule has 16 heteroatoms. The SMILES string of the molecule is Cc1cc2c(cc1C)N1Cc3cc4c(cc3N(C2)C1)OCCOCCOc1cc2c(cc1OCCOCCO4)N1Cc3cc4c(cc3N(C2)C1)OCCOCCOc1cc(C)c(C)cc1OCCOCCO4. The van der Waals surface area contributed by atoms with Gasteiger partial charge >= 0.3 is 0 Å². The number of aryl methyl sites for hydroxylation is 4. The lowest BCUT2D eigenvalue weighted by molar-refractivity contribution is 0.0639. The van der Waals surface area contributed by atoms with E-state index in [1.54, 1.807) is 0 Å². The third-order valence-electron chi connectivity index (χ3n) is 14.1. The van der Waals surface area contributed by atoms with Crippen LogP contribution in [0.25, 0.3) is 0 Å². The first-order chi connectivity index (χ1) is 35.3. The van der Waals surface area contributed by atoms with Gasteiger partial charge < -0.3 is 76.4 Å². The number of rotatable bonds is 0. The molecule has 0 aromatic heterocycles. The Bertz CT molecular complexity index is 2750. The van der Waals surface area contributed by atoms with Crippen LogP contribution < -0.4 is 57.5 Å². The van der Waals surface area contributed by atoms with E-state index in [2.05, 4.69) is 95.8 Å². The molecule has 0 saturated heterocycles. The minimum atomic E-state index is 0.340. The number of hydrogen-bond acceptors (Lipinski definition) is 16. The highest BCUT2D eigenvalue weighted by atomic mass is 16.6. The van der Waals surface area contributed by atoms with Crippen LogP contribution in [0.2, 0.25) is 0 Å². The van der Waals surface area contributed by atoms with Crippen LogP contribution in [-0.2, 0) is 45.1 Å². The first-order valence-corrected chi connectivity index (χ1v) is 25.4. The Hall–Kier alpha value is -6.46. The first kappa shape index (κ1) is 47.8. The average molecular weight is 987 g/mol. The van der Waals surface area contributed by atoms with Crippen LogP contribution in [0.3, 0.4) is 0 Å². The van der Waals surface area contributed by atoms with E-state index in [0.29, 0.717) is 171 Å². The molecule has 16 nitrogen and oxygen atoms in total. The molecule has 6 heterocycles. The van der Waals surface area contributed by atoms with E-state index in [4.69, 9.17) is 56.8 Å². The van der Waals surface area contributed by atoms with Crippen molar-refractivity contribution in [3.05, 3.63) is 105 Å². The van der Waals surface area contributed by atoms with Crippen LogP contribution in [0, 0.1) is 27.7 Å². The van der Waals surface area contributed by atoms with Gasteiger partial charge in [0.2, 0.25) is 0 Å². The van der Waals surface area contributed by atoms with Crippen molar-refractivity contribution in [1.82, 2.24) is 0 Å². The molecule has 6 aliphatic rings. The summed E-state index contributed by atoms with van der Waals surface area (Å²) in [6, 6.07) is 21.3. The molecule has 11 rings (SSSR count). The van der Waals surface area contributed by atoms with Crippen molar-refractivity contribution in [1.29, 1.82) is 0 Å². The van der Waals surface area contributed by atoms with E-state index in [0.717, 1.165) is 53.4 Å². The van der Waals surface area contributed by atoms with Gasteiger partial charge in [-0.25, -0.2) is 0 Å². The molecule has 0 amide bonds. The van der Waals surface area contributed by atoms with Crippen LogP contribution in [0.15, 0.2) is 60.7 Å². The van der Waals surface area contributed by atoms with Gasteiger partial charge in [-0.1, -0.05) is 6.07 Å². The summed E-state index contributed by atoms with van der Waals surface area (Å²) in [6.07, 6.45) is 0. The Labute approximate surface area is 422 Å². The molecule has 0 saturated carbocycles. The number of fused-ring (bicyclic) bond motifs is 16. The molecule has 4 bridgehead atoms. The van der Waals surface area contributed by atoms with Crippen molar-refractivity contribution in [3.8, 4) is 46.0 Å². The number of ether oxygens (including phenoxy) is 12. The second-order valence-electron chi connectivity index (χ2n) is 19.0. The van der Waals surface area contributed by atoms with E-state index < -0.39 is 0 Å². The molecule has 0 unspecified atom stereocenters. The number of nitrogens with zero attached hydrogens (tertiary/aromatic N) is 4. The molecule has 5 aromatic rings. The van der Waals surface area contributed by atoms with E-state index in [1.165, 1.54) is 33.6 Å². The molecule has 0 radical (unpaired) electrons. The number of anilines is 4. The van der Waals surface area contributed by atoms with Gasteiger partial charge in [0, 0.05) is 67.1 Å². The zero-order valence-corrected chi connectivity index (χ0v) is 42.0. The minimum absolute atomic E-state index is 0.340. The van der Waals surface area contributed by atoms with Crippen LogP contribution in [0.1, 0.15) is 44.5 Å². The quantitative estimate of drug-likeness (QED) is 0.149. The second kappa shape index (κ2) is 21.7. The molecular formula is C56H66N4O12. The summed E-state index contributed by atoms with van der Waals surface area (Å²) in [5.41, 5.74) is 14.4. The second-order valence-corrected chi connectivity index (χ2v) is 19.0. The van der Waals surface area contributed by atoms with Gasteiger partial charge in [0.05, 0.1) is 66.2 Å². The lowest BCUT2D eigenvalue weighted by atomic mass is 9.97. The summed E-state index contributed by atoms with van der Waals surface area (Å²) in [7, 11) is 0. The van der Waals surface area contributed by atoms with E-state index in [-0.39, 0.29) is 0 Å². The largest absolute Gasteiger partial charge is 0.487 e. The zero-order chi connectivity index (χ0) is 49.0. The highest BCUT2D eigenvalue weighted by Gasteiger charge is 2.34. The maximum absolute atomic E-state index is 6.44. The van der Waals surface area contributed by atoms with E-state index in [1.807, 2.05) is 12.1 Å². The van der Waals surface area contributed by atoms with Gasteiger partial charge in [-0.3, -0.25) is 0 Å². The Balaban J connectivity index is 0.738. The zero-order valence-electron chi connectivity index (χ0n) is 42.0. The molecule has 72 heavy (non-hydrogen) atoms. The lowest BCUT2D eigenvalue weighted by Gasteiger charge is -2.45. The minimum Gasteiger partial charge on any atom is -0.487 e. The van der Waals surface area contributed by atoms with E-state index >= 15 is 0 Å². The van der Waals surface area contributed by atoms with Crippen molar-refractivity contribution in [2.75, 3.05) is 139 Å². The molecule has 6 aliphatic heterocycles. The smallest absolute Gasteiger partial charge is 0.163 e. The Kier molecular flexibility index (Phi) is 14.4. The lowest BCUT2D eigenvalue weighted by Crippen LogP contribution is -2.46. The van der Waals surface area contributed by atoms with Gasteiger partial charge in [0.1, 0.15) is 52.9 Å². The molecule has 5 aromatic carbocycles. The fraction of sp³-hybridized carbons (Fsp3) is 0.464. The van der Waals surface area contributed by atoms with Crippen LogP contribution >= 0.6 is 0 Å². The van der Waals surface area contributed by atoms with Crippen molar-refractivity contribution in [3.63, 3.8) is 0 Å². The average Bonchev–Trinajstić information content (AvgIpc) is 3.37. The summed E-state index contributed by atoms with van der Waals surface area (Å²) in [6.45, 7) is 19.0. The highest BCUT2D eigenvalue weighted by molar-refractivity contribution is 5.74. The first-order valence-electron chi connectivity index (χ1n) is 25.4. The van der Waals surface area contributed by atoms with Crippen molar-refractivity contribution < 1.29 is 56.8 Å². The van der Waals surface area contributed by atoms with Crippen molar-refractivity contribution in [2.45, 2.75) is 53.9 Å². The summed E-state index contributed by atoms with van der Waals surface area (Å²) >= 11 is 0. The Morgan fingerprint density at radius 3 is 0.778 bits per heavy atom. The Morgan fingerprint density at radius 1 is 0.250 bits per heavy atom.